The number of alkyl halides is 2. The lowest BCUT2D eigenvalue weighted by molar-refractivity contribution is -0.151. The number of hydrogen-bond acceptors (Lipinski definition) is 5. The van der Waals surface area contributed by atoms with Gasteiger partial charge in [0, 0.05) is 0 Å². The van der Waals surface area contributed by atoms with Gasteiger partial charge in [-0.25, -0.2) is 13.2 Å². The van der Waals surface area contributed by atoms with Crippen LogP contribution in [-0.4, -0.2) is 32.9 Å². The molecule has 0 aliphatic heterocycles. The number of halogens is 2. The zero-order valence-corrected chi connectivity index (χ0v) is 21.4. The number of benzene rings is 4. The highest BCUT2D eigenvalue weighted by Gasteiger charge is 2.61. The molecule has 0 saturated carbocycles. The van der Waals surface area contributed by atoms with E-state index in [4.69, 9.17) is 9.47 Å². The van der Waals surface area contributed by atoms with Crippen LogP contribution in [0.3, 0.4) is 0 Å². The second kappa shape index (κ2) is 11.1. The van der Waals surface area contributed by atoms with Crippen molar-refractivity contribution < 1.29 is 31.5 Å². The first kappa shape index (κ1) is 27.0. The molecule has 0 radical (unpaired) electrons. The molecule has 196 valence electrons. The van der Waals surface area contributed by atoms with Crippen LogP contribution in [0.4, 0.5) is 8.78 Å². The van der Waals surface area contributed by atoms with Crippen molar-refractivity contribution in [1.82, 2.24) is 0 Å². The Hall–Kier alpha value is -4.04. The predicted octanol–water partition coefficient (Wildman–Crippen LogP) is 5.92. The standard InChI is InChI=1S/C30H26F2O5S/c1-23-17-19-26(20-18-23)30(24-11-5-2-6-12-24,25-13-7-3-8-14-25)38(34,35)29(31,32)22-37-28(33)21-36-27-15-9-4-10-16-27/h2-20H,21-22H2,1H3. The third-order valence-corrected chi connectivity index (χ3v) is 8.53. The van der Waals surface area contributed by atoms with Crippen molar-refractivity contribution >= 4 is 15.8 Å². The van der Waals surface area contributed by atoms with Crippen molar-refractivity contribution in [2.45, 2.75) is 16.9 Å². The summed E-state index contributed by atoms with van der Waals surface area (Å²) in [5, 5.41) is -4.45. The first-order valence-corrected chi connectivity index (χ1v) is 13.3. The highest BCUT2D eigenvalue weighted by Crippen LogP contribution is 2.49. The molecule has 0 bridgehead atoms. The lowest BCUT2D eigenvalue weighted by Gasteiger charge is -2.37. The maximum Gasteiger partial charge on any atom is 0.380 e. The van der Waals surface area contributed by atoms with Crippen LogP contribution in [0.2, 0.25) is 0 Å². The van der Waals surface area contributed by atoms with Crippen LogP contribution in [0.15, 0.2) is 115 Å². The SMILES string of the molecule is Cc1ccc(C(c2ccccc2)(c2ccccc2)S(=O)(=O)C(F)(F)COC(=O)COc2ccccc2)cc1. The number of para-hydroxylation sites is 1. The third-order valence-electron chi connectivity index (χ3n) is 6.12. The van der Waals surface area contributed by atoms with E-state index in [0.29, 0.717) is 5.75 Å². The van der Waals surface area contributed by atoms with Crippen LogP contribution >= 0.6 is 0 Å². The van der Waals surface area contributed by atoms with Gasteiger partial charge < -0.3 is 9.47 Å². The molecule has 4 rings (SSSR count). The van der Waals surface area contributed by atoms with Crippen LogP contribution in [0.25, 0.3) is 0 Å². The fraction of sp³-hybridized carbons (Fsp3) is 0.167. The predicted molar refractivity (Wildman–Crippen MR) is 141 cm³/mol. The van der Waals surface area contributed by atoms with E-state index in [9.17, 15) is 13.2 Å². The average Bonchev–Trinajstić information content (AvgIpc) is 2.94. The van der Waals surface area contributed by atoms with Crippen molar-refractivity contribution in [3.63, 3.8) is 0 Å². The fourth-order valence-corrected chi connectivity index (χ4v) is 6.27. The van der Waals surface area contributed by atoms with Crippen molar-refractivity contribution in [3.8, 4) is 5.75 Å². The molecular weight excluding hydrogens is 510 g/mol. The summed E-state index contributed by atoms with van der Waals surface area (Å²) in [6.07, 6.45) is 0. The van der Waals surface area contributed by atoms with Gasteiger partial charge in [-0.15, -0.1) is 0 Å². The molecule has 4 aromatic rings. The fourth-order valence-electron chi connectivity index (χ4n) is 4.27. The molecule has 0 atom stereocenters. The summed E-state index contributed by atoms with van der Waals surface area (Å²) in [6, 6.07) is 30.4. The Bertz CT molecular complexity index is 1420. The van der Waals surface area contributed by atoms with Crippen LogP contribution in [0.1, 0.15) is 22.3 Å². The molecule has 8 heteroatoms. The summed E-state index contributed by atoms with van der Waals surface area (Å²) in [5.74, 6) is -0.778. The molecule has 0 aliphatic rings. The summed E-state index contributed by atoms with van der Waals surface area (Å²) in [7, 11) is -5.45. The minimum atomic E-state index is -5.45. The summed E-state index contributed by atoms with van der Waals surface area (Å²) in [4.78, 5) is 12.2. The Morgan fingerprint density at radius 1 is 0.711 bits per heavy atom. The highest BCUT2D eigenvalue weighted by molar-refractivity contribution is 7.93. The number of aryl methyl sites for hydroxylation is 1. The smallest absolute Gasteiger partial charge is 0.380 e. The van der Waals surface area contributed by atoms with E-state index in [0.717, 1.165) is 5.56 Å². The van der Waals surface area contributed by atoms with Crippen LogP contribution < -0.4 is 4.74 Å². The maximum atomic E-state index is 15.9. The first-order chi connectivity index (χ1) is 18.2. The number of carbonyl (C=O) groups is 1. The number of rotatable bonds is 10. The van der Waals surface area contributed by atoms with Gasteiger partial charge in [-0.2, -0.15) is 8.78 Å². The summed E-state index contributed by atoms with van der Waals surface area (Å²) in [6.45, 7) is -0.503. The third kappa shape index (κ3) is 5.17. The topological polar surface area (TPSA) is 69.7 Å². The van der Waals surface area contributed by atoms with Gasteiger partial charge >= 0.3 is 11.2 Å². The molecule has 0 amide bonds. The van der Waals surface area contributed by atoms with Gasteiger partial charge in [-0.3, -0.25) is 0 Å². The lowest BCUT2D eigenvalue weighted by Crippen LogP contribution is -2.50. The molecule has 0 fully saturated rings. The quantitative estimate of drug-likeness (QED) is 0.186. The zero-order chi connectivity index (χ0) is 27.2. The molecule has 0 unspecified atom stereocenters. The molecule has 0 saturated heterocycles. The first-order valence-electron chi connectivity index (χ1n) is 11.8. The molecule has 0 spiro atoms. The minimum Gasteiger partial charge on any atom is -0.482 e. The Labute approximate surface area is 220 Å². The second-order valence-electron chi connectivity index (χ2n) is 8.68. The molecule has 0 aliphatic carbocycles. The van der Waals surface area contributed by atoms with E-state index in [2.05, 4.69) is 0 Å². The second-order valence-corrected chi connectivity index (χ2v) is 10.9. The molecule has 4 aromatic carbocycles. The number of sulfone groups is 1. The monoisotopic (exact) mass is 536 g/mol. The zero-order valence-electron chi connectivity index (χ0n) is 20.6. The van der Waals surface area contributed by atoms with E-state index >= 15 is 8.78 Å². The van der Waals surface area contributed by atoms with Crippen molar-refractivity contribution in [1.29, 1.82) is 0 Å². The average molecular weight is 537 g/mol. The largest absolute Gasteiger partial charge is 0.482 e. The lowest BCUT2D eigenvalue weighted by atomic mass is 9.84. The number of carbonyl (C=O) groups excluding carboxylic acids is 1. The van der Waals surface area contributed by atoms with Gasteiger partial charge in [0.05, 0.1) is 0 Å². The van der Waals surface area contributed by atoms with Gasteiger partial charge in [0.1, 0.15) is 5.75 Å². The molecule has 0 heterocycles. The molecule has 0 aromatic heterocycles. The summed E-state index contributed by atoms with van der Waals surface area (Å²) < 4.78 is 67.7. The molecule has 0 N–H and O–H groups in total. The van der Waals surface area contributed by atoms with E-state index in [1.54, 1.807) is 78.9 Å². The van der Waals surface area contributed by atoms with Crippen molar-refractivity contribution in [3.05, 3.63) is 138 Å². The maximum absolute atomic E-state index is 15.9. The Morgan fingerprint density at radius 3 is 1.66 bits per heavy atom. The highest BCUT2D eigenvalue weighted by atomic mass is 32.2. The number of ether oxygens (including phenoxy) is 2. The Balaban J connectivity index is 1.76. The molecule has 5 nitrogen and oxygen atoms in total. The van der Waals surface area contributed by atoms with Gasteiger partial charge in [0.2, 0.25) is 9.84 Å². The minimum absolute atomic E-state index is 0.133. The van der Waals surface area contributed by atoms with E-state index in [-0.39, 0.29) is 16.7 Å². The normalized spacial score (nSPS) is 12.1. The van der Waals surface area contributed by atoms with Gasteiger partial charge in [0.25, 0.3) is 0 Å². The Kier molecular flexibility index (Phi) is 7.92. The van der Waals surface area contributed by atoms with Crippen LogP contribution in [0, 0.1) is 6.92 Å². The summed E-state index contributed by atoms with van der Waals surface area (Å²) in [5.41, 5.74) is 1.24. The van der Waals surface area contributed by atoms with E-state index in [1.807, 2.05) is 6.92 Å². The molecular formula is C30H26F2O5S. The van der Waals surface area contributed by atoms with E-state index in [1.165, 1.54) is 36.4 Å². The number of hydrogen-bond donors (Lipinski definition) is 0. The summed E-state index contributed by atoms with van der Waals surface area (Å²) >= 11 is 0. The van der Waals surface area contributed by atoms with Crippen molar-refractivity contribution in [2.75, 3.05) is 13.2 Å². The van der Waals surface area contributed by atoms with Crippen molar-refractivity contribution in [2.24, 2.45) is 0 Å². The van der Waals surface area contributed by atoms with E-state index < -0.39 is 39.0 Å². The van der Waals surface area contributed by atoms with Gasteiger partial charge in [-0.1, -0.05) is 109 Å². The Morgan fingerprint density at radius 2 is 1.16 bits per heavy atom. The van der Waals surface area contributed by atoms with Crippen LogP contribution in [0.5, 0.6) is 5.75 Å². The number of esters is 1. The van der Waals surface area contributed by atoms with Crippen LogP contribution in [-0.2, 0) is 24.1 Å². The van der Waals surface area contributed by atoms with Gasteiger partial charge in [-0.05, 0) is 35.7 Å². The van der Waals surface area contributed by atoms with Gasteiger partial charge in [0.15, 0.2) is 18.0 Å². The molecule has 38 heavy (non-hydrogen) atoms.